The lowest BCUT2D eigenvalue weighted by Gasteiger charge is -2.33. The molecule has 4 nitrogen and oxygen atoms in total. The van der Waals surface area contributed by atoms with Crippen LogP contribution in [0.15, 0.2) is 54.6 Å². The van der Waals surface area contributed by atoms with Gasteiger partial charge in [-0.25, -0.2) is 0 Å². The van der Waals surface area contributed by atoms with E-state index < -0.39 is 6.04 Å². The molecule has 0 saturated heterocycles. The fourth-order valence-electron chi connectivity index (χ4n) is 4.72. The van der Waals surface area contributed by atoms with Crippen LogP contribution in [0, 0.1) is 5.92 Å². The van der Waals surface area contributed by atoms with Crippen LogP contribution in [0.4, 0.5) is 5.69 Å². The average Bonchev–Trinajstić information content (AvgIpc) is 3.29. The summed E-state index contributed by atoms with van der Waals surface area (Å²) in [7, 11) is 0. The van der Waals surface area contributed by atoms with Crippen molar-refractivity contribution < 1.29 is 9.59 Å². The number of anilines is 1. The first-order valence-electron chi connectivity index (χ1n) is 11.0. The van der Waals surface area contributed by atoms with E-state index in [9.17, 15) is 9.59 Å². The molecule has 1 aliphatic carbocycles. The molecule has 0 aromatic heterocycles. The zero-order valence-electron chi connectivity index (χ0n) is 17.0. The van der Waals surface area contributed by atoms with Crippen molar-refractivity contribution in [1.29, 1.82) is 0 Å². The van der Waals surface area contributed by atoms with Crippen molar-refractivity contribution in [2.45, 2.75) is 57.4 Å². The summed E-state index contributed by atoms with van der Waals surface area (Å²) in [5.41, 5.74) is 3.02. The molecule has 0 bridgehead atoms. The maximum atomic E-state index is 13.6. The van der Waals surface area contributed by atoms with Gasteiger partial charge in [-0.15, -0.1) is 0 Å². The lowest BCUT2D eigenvalue weighted by Crippen LogP contribution is -2.45. The van der Waals surface area contributed by atoms with Crippen LogP contribution in [0.2, 0.25) is 0 Å². The second-order valence-corrected chi connectivity index (χ2v) is 8.32. The first kappa shape index (κ1) is 19.7. The molecule has 2 aromatic rings. The summed E-state index contributed by atoms with van der Waals surface area (Å²) >= 11 is 0. The van der Waals surface area contributed by atoms with Gasteiger partial charge in [0.05, 0.1) is 0 Å². The number of carbonyl (C=O) groups excluding carboxylic acids is 2. The molecule has 4 rings (SSSR count). The van der Waals surface area contributed by atoms with Gasteiger partial charge in [0.15, 0.2) is 0 Å². The standard InChI is InChI=1S/C25H30N2O2/c28-23(17-16-19-9-4-5-10-19)26-24(21-12-2-1-3-13-21)25(29)27-18-8-14-20-11-6-7-15-22(20)27/h1-3,6-7,11-13,15,19,24H,4-5,8-10,14,16-18H2,(H,26,28)/t24-/m0/s1. The highest BCUT2D eigenvalue weighted by Gasteiger charge is 2.31. The van der Waals surface area contributed by atoms with Crippen molar-refractivity contribution >= 4 is 17.5 Å². The van der Waals surface area contributed by atoms with E-state index in [0.717, 1.165) is 30.5 Å². The summed E-state index contributed by atoms with van der Waals surface area (Å²) in [6.45, 7) is 0.692. The number of benzene rings is 2. The lowest BCUT2D eigenvalue weighted by molar-refractivity contribution is -0.128. The zero-order valence-corrected chi connectivity index (χ0v) is 17.0. The first-order chi connectivity index (χ1) is 14.2. The number of aryl methyl sites for hydroxylation is 1. The maximum Gasteiger partial charge on any atom is 0.254 e. The monoisotopic (exact) mass is 390 g/mol. The van der Waals surface area contributed by atoms with E-state index in [1.807, 2.05) is 53.4 Å². The minimum absolute atomic E-state index is 0.0237. The highest BCUT2D eigenvalue weighted by atomic mass is 16.2. The predicted molar refractivity (Wildman–Crippen MR) is 116 cm³/mol. The third-order valence-electron chi connectivity index (χ3n) is 6.32. The fourth-order valence-corrected chi connectivity index (χ4v) is 4.72. The van der Waals surface area contributed by atoms with Crippen LogP contribution in [-0.4, -0.2) is 18.4 Å². The molecule has 0 spiro atoms. The van der Waals surface area contributed by atoms with Gasteiger partial charge in [0.25, 0.3) is 5.91 Å². The number of carbonyl (C=O) groups is 2. The molecular weight excluding hydrogens is 360 g/mol. The van der Waals surface area contributed by atoms with E-state index in [4.69, 9.17) is 0 Å². The highest BCUT2D eigenvalue weighted by Crippen LogP contribution is 2.30. The van der Waals surface area contributed by atoms with Gasteiger partial charge in [0.2, 0.25) is 5.91 Å². The summed E-state index contributed by atoms with van der Waals surface area (Å²) in [4.78, 5) is 28.2. The molecule has 1 aliphatic heterocycles. The molecule has 4 heteroatoms. The van der Waals surface area contributed by atoms with Crippen molar-refractivity contribution in [1.82, 2.24) is 5.32 Å². The van der Waals surface area contributed by atoms with Crippen LogP contribution in [0.25, 0.3) is 0 Å². The van der Waals surface area contributed by atoms with Crippen molar-refractivity contribution in [3.63, 3.8) is 0 Å². The van der Waals surface area contributed by atoms with Gasteiger partial charge in [0, 0.05) is 18.7 Å². The summed E-state index contributed by atoms with van der Waals surface area (Å²) < 4.78 is 0. The predicted octanol–water partition coefficient (Wildman–Crippen LogP) is 4.79. The quantitative estimate of drug-likeness (QED) is 0.771. The molecule has 2 aromatic carbocycles. The van der Waals surface area contributed by atoms with Crippen LogP contribution in [0.1, 0.15) is 62.1 Å². The minimum Gasteiger partial charge on any atom is -0.341 e. The van der Waals surface area contributed by atoms with Crippen molar-refractivity contribution in [2.75, 3.05) is 11.4 Å². The molecule has 1 saturated carbocycles. The molecule has 1 atom stereocenters. The smallest absolute Gasteiger partial charge is 0.254 e. The van der Waals surface area contributed by atoms with E-state index in [-0.39, 0.29) is 11.8 Å². The Hall–Kier alpha value is -2.62. The molecule has 2 aliphatic rings. The van der Waals surface area contributed by atoms with Crippen molar-refractivity contribution in [2.24, 2.45) is 5.92 Å². The normalized spacial score (nSPS) is 17.6. The van der Waals surface area contributed by atoms with E-state index in [1.165, 1.54) is 31.2 Å². The number of rotatable bonds is 6. The minimum atomic E-state index is -0.640. The third kappa shape index (κ3) is 4.69. The lowest BCUT2D eigenvalue weighted by atomic mass is 9.98. The Labute approximate surface area is 173 Å². The molecule has 0 unspecified atom stereocenters. The fraction of sp³-hybridized carbons (Fsp3) is 0.440. The molecule has 1 fully saturated rings. The van der Waals surface area contributed by atoms with Crippen molar-refractivity contribution in [3.05, 3.63) is 65.7 Å². The SMILES string of the molecule is O=C(CCC1CCCC1)N[C@H](C(=O)N1CCCc2ccccc21)c1ccccc1. The Balaban J connectivity index is 1.51. The Kier molecular flexibility index (Phi) is 6.28. The zero-order chi connectivity index (χ0) is 20.1. The van der Waals surface area contributed by atoms with Gasteiger partial charge in [0.1, 0.15) is 6.04 Å². The molecule has 0 radical (unpaired) electrons. The van der Waals surface area contributed by atoms with E-state index >= 15 is 0 Å². The van der Waals surface area contributed by atoms with Gasteiger partial charge >= 0.3 is 0 Å². The number of fused-ring (bicyclic) bond motifs is 1. The molecule has 1 heterocycles. The third-order valence-corrected chi connectivity index (χ3v) is 6.32. The second-order valence-electron chi connectivity index (χ2n) is 8.32. The number of nitrogens with zero attached hydrogens (tertiary/aromatic N) is 1. The topological polar surface area (TPSA) is 49.4 Å². The second kappa shape index (κ2) is 9.25. The van der Waals surface area contributed by atoms with E-state index in [0.29, 0.717) is 18.9 Å². The van der Waals surface area contributed by atoms with Gasteiger partial charge < -0.3 is 10.2 Å². The Morgan fingerprint density at radius 3 is 2.48 bits per heavy atom. The molecule has 2 amide bonds. The Morgan fingerprint density at radius 2 is 1.69 bits per heavy atom. The van der Waals surface area contributed by atoms with Crippen LogP contribution < -0.4 is 10.2 Å². The Morgan fingerprint density at radius 1 is 0.966 bits per heavy atom. The average molecular weight is 391 g/mol. The number of hydrogen-bond donors (Lipinski definition) is 1. The van der Waals surface area contributed by atoms with Gasteiger partial charge in [-0.3, -0.25) is 9.59 Å². The molecule has 29 heavy (non-hydrogen) atoms. The van der Waals surface area contributed by atoms with Crippen LogP contribution in [0.5, 0.6) is 0 Å². The summed E-state index contributed by atoms with van der Waals surface area (Å²) in [6.07, 6.45) is 8.39. The van der Waals surface area contributed by atoms with Crippen molar-refractivity contribution in [3.8, 4) is 0 Å². The maximum absolute atomic E-state index is 13.6. The van der Waals surface area contributed by atoms with Gasteiger partial charge in [-0.2, -0.15) is 0 Å². The summed E-state index contributed by atoms with van der Waals surface area (Å²) in [6, 6.07) is 17.1. The largest absolute Gasteiger partial charge is 0.341 e. The van der Waals surface area contributed by atoms with Gasteiger partial charge in [-0.1, -0.05) is 74.2 Å². The summed E-state index contributed by atoms with van der Waals surface area (Å²) in [5.74, 6) is 0.600. The number of para-hydroxylation sites is 1. The number of nitrogens with one attached hydrogen (secondary N) is 1. The Bertz CT molecular complexity index is 843. The number of amides is 2. The first-order valence-corrected chi connectivity index (χ1v) is 11.0. The van der Waals surface area contributed by atoms with E-state index in [1.54, 1.807) is 0 Å². The molecule has 152 valence electrons. The van der Waals surface area contributed by atoms with Crippen LogP contribution in [-0.2, 0) is 16.0 Å². The molecule has 1 N–H and O–H groups in total. The summed E-state index contributed by atoms with van der Waals surface area (Å²) in [5, 5.41) is 3.06. The van der Waals surface area contributed by atoms with Gasteiger partial charge in [-0.05, 0) is 42.4 Å². The van der Waals surface area contributed by atoms with E-state index in [2.05, 4.69) is 11.4 Å². The number of hydrogen-bond acceptors (Lipinski definition) is 2. The molecular formula is C25H30N2O2. The van der Waals surface area contributed by atoms with Crippen LogP contribution >= 0.6 is 0 Å². The van der Waals surface area contributed by atoms with Crippen LogP contribution in [0.3, 0.4) is 0 Å². The highest BCUT2D eigenvalue weighted by molar-refractivity contribution is 6.00.